The minimum atomic E-state index is -0.565. The summed E-state index contributed by atoms with van der Waals surface area (Å²) in [6, 6.07) is 8.36. The first-order valence-corrected chi connectivity index (χ1v) is 11.3. The number of nitrogen functional groups attached to an aromatic ring is 2. The van der Waals surface area contributed by atoms with Crippen molar-refractivity contribution < 1.29 is 4.92 Å². The van der Waals surface area contributed by atoms with E-state index in [1.165, 1.54) is 12.1 Å². The van der Waals surface area contributed by atoms with Gasteiger partial charge in [-0.2, -0.15) is 4.98 Å². The van der Waals surface area contributed by atoms with E-state index < -0.39 is 4.92 Å². The van der Waals surface area contributed by atoms with Crippen LogP contribution >= 0.6 is 23.2 Å². The molecule has 0 spiro atoms. The number of nitrogens with one attached hydrogen (secondary N) is 1. The van der Waals surface area contributed by atoms with E-state index in [9.17, 15) is 10.1 Å². The van der Waals surface area contributed by atoms with Crippen LogP contribution in [0.5, 0.6) is 0 Å². The number of hydrogen-bond donors (Lipinski definition) is 3. The maximum absolute atomic E-state index is 10.9. The van der Waals surface area contributed by atoms with E-state index in [-0.39, 0.29) is 17.5 Å². The van der Waals surface area contributed by atoms with Gasteiger partial charge in [-0.1, -0.05) is 23.2 Å². The zero-order valence-corrected chi connectivity index (χ0v) is 19.6. The zero-order chi connectivity index (χ0) is 24.2. The summed E-state index contributed by atoms with van der Waals surface area (Å²) in [5.74, 6) is 1.31. The molecule has 3 aromatic rings. The molecule has 0 amide bonds. The average Bonchev–Trinajstić information content (AvgIpc) is 2.80. The molecule has 11 nitrogen and oxygen atoms in total. The molecule has 1 fully saturated rings. The van der Waals surface area contributed by atoms with Gasteiger partial charge in [-0.05, 0) is 30.7 Å². The number of anilines is 5. The fourth-order valence-corrected chi connectivity index (χ4v) is 4.33. The highest BCUT2D eigenvalue weighted by molar-refractivity contribution is 6.36. The number of halogens is 2. The lowest BCUT2D eigenvalue weighted by atomic mass is 10.2. The summed E-state index contributed by atoms with van der Waals surface area (Å²) in [6.45, 7) is 3.49. The Hall–Kier alpha value is -3.57. The van der Waals surface area contributed by atoms with Crippen molar-refractivity contribution in [1.82, 2.24) is 15.0 Å². The van der Waals surface area contributed by atoms with Crippen LogP contribution in [0.1, 0.15) is 5.56 Å². The molecule has 13 heteroatoms. The first-order valence-electron chi connectivity index (χ1n) is 10.5. The van der Waals surface area contributed by atoms with Crippen molar-refractivity contribution >= 4 is 58.0 Å². The van der Waals surface area contributed by atoms with Crippen molar-refractivity contribution in [3.05, 3.63) is 62.3 Å². The summed E-state index contributed by atoms with van der Waals surface area (Å²) >= 11 is 12.4. The summed E-state index contributed by atoms with van der Waals surface area (Å²) in [4.78, 5) is 27.4. The highest BCUT2D eigenvalue weighted by Crippen LogP contribution is 2.30. The Balaban J connectivity index is 1.40. The highest BCUT2D eigenvalue weighted by Gasteiger charge is 2.22. The Morgan fingerprint density at radius 2 is 1.79 bits per heavy atom. The maximum atomic E-state index is 10.9. The summed E-state index contributed by atoms with van der Waals surface area (Å²) < 4.78 is 0. The molecule has 2 aromatic heterocycles. The molecule has 0 bridgehead atoms. The molecule has 0 aliphatic carbocycles. The largest absolute Gasteiger partial charge is 0.378 e. The lowest BCUT2D eigenvalue weighted by molar-refractivity contribution is -0.384. The van der Waals surface area contributed by atoms with Gasteiger partial charge in [-0.15, -0.1) is 0 Å². The Kier molecular flexibility index (Phi) is 7.03. The van der Waals surface area contributed by atoms with Crippen LogP contribution in [0.3, 0.4) is 0 Å². The summed E-state index contributed by atoms with van der Waals surface area (Å²) in [5, 5.41) is 15.3. The maximum Gasteiger partial charge on any atom is 0.311 e. The first-order chi connectivity index (χ1) is 16.3. The van der Waals surface area contributed by atoms with Gasteiger partial charge >= 0.3 is 5.69 Å². The number of hydrogen-bond acceptors (Lipinski definition) is 10. The third-order valence-electron chi connectivity index (χ3n) is 5.49. The molecule has 0 saturated carbocycles. The van der Waals surface area contributed by atoms with Gasteiger partial charge in [0.15, 0.2) is 0 Å². The second-order valence-electron chi connectivity index (χ2n) is 7.68. The number of nitro groups is 1. The minimum absolute atomic E-state index is 0.134. The van der Waals surface area contributed by atoms with Crippen molar-refractivity contribution in [3.63, 3.8) is 0 Å². The second kappa shape index (κ2) is 10.1. The predicted octanol–water partition coefficient (Wildman–Crippen LogP) is 3.23. The van der Waals surface area contributed by atoms with Gasteiger partial charge in [0, 0.05) is 55.6 Å². The molecule has 1 aromatic carbocycles. The molecular formula is C21H23Cl2N9O2. The zero-order valence-electron chi connectivity index (χ0n) is 18.1. The summed E-state index contributed by atoms with van der Waals surface area (Å²) in [7, 11) is 0. The quantitative estimate of drug-likeness (QED) is 0.323. The molecule has 3 heterocycles. The van der Waals surface area contributed by atoms with E-state index in [0.717, 1.165) is 43.2 Å². The van der Waals surface area contributed by atoms with E-state index in [2.05, 4.69) is 30.1 Å². The molecule has 1 aliphatic heterocycles. The van der Waals surface area contributed by atoms with E-state index in [0.29, 0.717) is 28.8 Å². The molecule has 0 radical (unpaired) electrons. The van der Waals surface area contributed by atoms with Crippen molar-refractivity contribution in [3.8, 4) is 0 Å². The lowest BCUT2D eigenvalue weighted by Crippen LogP contribution is -2.47. The van der Waals surface area contributed by atoms with Crippen LogP contribution in [0.4, 0.5) is 34.8 Å². The molecule has 5 N–H and O–H groups in total. The van der Waals surface area contributed by atoms with Crippen LogP contribution in [0.25, 0.3) is 0 Å². The summed E-state index contributed by atoms with van der Waals surface area (Å²) in [5.41, 5.74) is 13.2. The van der Waals surface area contributed by atoms with Gasteiger partial charge in [0.05, 0.1) is 15.6 Å². The molecule has 178 valence electrons. The molecule has 1 saturated heterocycles. The molecule has 34 heavy (non-hydrogen) atoms. The molecule has 0 atom stereocenters. The minimum Gasteiger partial charge on any atom is -0.378 e. The average molecular weight is 504 g/mol. The number of pyridine rings is 1. The number of rotatable bonds is 7. The van der Waals surface area contributed by atoms with Gasteiger partial charge in [-0.3, -0.25) is 10.1 Å². The number of nitrogens with two attached hydrogens (primary N) is 2. The van der Waals surface area contributed by atoms with Crippen LogP contribution in [0, 0.1) is 10.1 Å². The van der Waals surface area contributed by atoms with Gasteiger partial charge in [0.25, 0.3) is 0 Å². The number of nitrogens with zero attached hydrogens (tertiary/aromatic N) is 6. The Morgan fingerprint density at radius 3 is 2.47 bits per heavy atom. The normalized spacial score (nSPS) is 13.7. The standard InChI is InChI=1S/C21H23Cl2N9O2/c22-14-1-2-16(15(23)11-14)30-7-9-31(10-8-30)20-13(12-27-21(25)29-20)5-6-26-18-4-3-17(32(33)34)19(24)28-18/h1-4,11-12H,5-10H2,(H3,24,26,28)(H2,25,27,29). The third-order valence-corrected chi connectivity index (χ3v) is 6.03. The van der Waals surface area contributed by atoms with E-state index in [1.54, 1.807) is 12.3 Å². The smallest absolute Gasteiger partial charge is 0.311 e. The van der Waals surface area contributed by atoms with Crippen LogP contribution in [0.2, 0.25) is 10.0 Å². The second-order valence-corrected chi connectivity index (χ2v) is 8.53. The highest BCUT2D eigenvalue weighted by atomic mass is 35.5. The lowest BCUT2D eigenvalue weighted by Gasteiger charge is -2.37. The molecular weight excluding hydrogens is 481 g/mol. The Morgan fingerprint density at radius 1 is 1.06 bits per heavy atom. The number of benzene rings is 1. The van der Waals surface area contributed by atoms with Crippen molar-refractivity contribution in [2.75, 3.05) is 59.3 Å². The van der Waals surface area contributed by atoms with Crippen LogP contribution in [0.15, 0.2) is 36.5 Å². The molecule has 1 aliphatic rings. The van der Waals surface area contributed by atoms with Crippen molar-refractivity contribution in [2.24, 2.45) is 0 Å². The van der Waals surface area contributed by atoms with E-state index >= 15 is 0 Å². The van der Waals surface area contributed by atoms with Crippen LogP contribution < -0.4 is 26.6 Å². The fraction of sp³-hybridized carbons (Fsp3) is 0.286. The monoisotopic (exact) mass is 503 g/mol. The summed E-state index contributed by atoms with van der Waals surface area (Å²) in [6.07, 6.45) is 2.32. The first kappa shape index (κ1) is 23.6. The Labute approximate surface area is 205 Å². The predicted molar refractivity (Wildman–Crippen MR) is 135 cm³/mol. The van der Waals surface area contributed by atoms with E-state index in [1.807, 2.05) is 12.1 Å². The van der Waals surface area contributed by atoms with Gasteiger partial charge < -0.3 is 26.6 Å². The van der Waals surface area contributed by atoms with Crippen LogP contribution in [-0.4, -0.2) is 52.6 Å². The molecule has 4 rings (SSSR count). The van der Waals surface area contributed by atoms with Gasteiger partial charge in [0.2, 0.25) is 11.8 Å². The molecule has 0 unspecified atom stereocenters. The number of piperazine rings is 1. The number of aromatic nitrogens is 3. The van der Waals surface area contributed by atoms with Crippen LogP contribution in [-0.2, 0) is 6.42 Å². The van der Waals surface area contributed by atoms with Crippen molar-refractivity contribution in [1.29, 1.82) is 0 Å². The van der Waals surface area contributed by atoms with Crippen molar-refractivity contribution in [2.45, 2.75) is 6.42 Å². The SMILES string of the molecule is Nc1ncc(CCNc2ccc([N+](=O)[O-])c(N)n2)c(N2CCN(c3ccc(Cl)cc3Cl)CC2)n1. The Bertz CT molecular complexity index is 1200. The third kappa shape index (κ3) is 5.32. The van der Waals surface area contributed by atoms with Gasteiger partial charge in [0.1, 0.15) is 11.6 Å². The van der Waals surface area contributed by atoms with Gasteiger partial charge in [-0.25, -0.2) is 9.97 Å². The topological polar surface area (TPSA) is 152 Å². The fourth-order valence-electron chi connectivity index (χ4n) is 3.80. The van der Waals surface area contributed by atoms with E-state index in [4.69, 9.17) is 34.7 Å².